The van der Waals surface area contributed by atoms with Crippen LogP contribution in [0.15, 0.2) is 30.3 Å². The summed E-state index contributed by atoms with van der Waals surface area (Å²) in [6, 6.07) is 8.12. The van der Waals surface area contributed by atoms with Crippen LogP contribution in [-0.4, -0.2) is 5.78 Å². The average Bonchev–Trinajstić information content (AvgIpc) is 2.31. The molecule has 0 fully saturated rings. The van der Waals surface area contributed by atoms with E-state index in [1.807, 2.05) is 0 Å². The Labute approximate surface area is 126 Å². The molecule has 0 aliphatic heterocycles. The zero-order chi connectivity index (χ0) is 14.2. The molecule has 2 aromatic rings. The molecule has 2 rings (SSSR count). The number of hydrogen-bond donors (Lipinski definition) is 1. The maximum absolute atomic E-state index is 12.5. The van der Waals surface area contributed by atoms with Crippen LogP contribution in [0.25, 0.3) is 0 Å². The molecule has 2 aromatic carbocycles. The highest BCUT2D eigenvalue weighted by Crippen LogP contribution is 2.32. The fourth-order valence-corrected chi connectivity index (χ4v) is 2.78. The topological polar surface area (TPSA) is 43.1 Å². The summed E-state index contributed by atoms with van der Waals surface area (Å²) in [4.78, 5) is 12.5. The Balaban J connectivity index is 2.60. The summed E-state index contributed by atoms with van der Waals surface area (Å²) in [6.07, 6.45) is 0. The van der Waals surface area contributed by atoms with Gasteiger partial charge in [0.05, 0.1) is 15.6 Å². The number of nitrogen functional groups attached to an aromatic ring is 1. The van der Waals surface area contributed by atoms with Gasteiger partial charge in [0.1, 0.15) is 0 Å². The predicted octanol–water partition coefficient (Wildman–Crippen LogP) is 4.77. The summed E-state index contributed by atoms with van der Waals surface area (Å²) >= 11 is 17.9. The van der Waals surface area contributed by atoms with E-state index in [1.165, 1.54) is 12.1 Å². The van der Waals surface area contributed by atoms with E-state index in [1.54, 1.807) is 25.1 Å². The fourth-order valence-electron chi connectivity index (χ4n) is 1.79. The van der Waals surface area contributed by atoms with Crippen LogP contribution >= 0.6 is 34.8 Å². The lowest BCUT2D eigenvalue weighted by atomic mass is 9.98. The van der Waals surface area contributed by atoms with Gasteiger partial charge in [-0.2, -0.15) is 0 Å². The van der Waals surface area contributed by atoms with E-state index in [0.717, 1.165) is 0 Å². The van der Waals surface area contributed by atoms with Crippen LogP contribution in [0.2, 0.25) is 15.1 Å². The molecule has 5 heteroatoms. The van der Waals surface area contributed by atoms with Gasteiger partial charge in [-0.3, -0.25) is 4.79 Å². The normalized spacial score (nSPS) is 10.5. The fraction of sp³-hybridized carbons (Fsp3) is 0.0714. The van der Waals surface area contributed by atoms with Crippen molar-refractivity contribution < 1.29 is 4.79 Å². The number of halogens is 3. The van der Waals surface area contributed by atoms with E-state index in [9.17, 15) is 4.79 Å². The lowest BCUT2D eigenvalue weighted by molar-refractivity contribution is 0.103. The van der Waals surface area contributed by atoms with E-state index in [-0.39, 0.29) is 21.4 Å². The Hall–Kier alpha value is -1.22. The molecule has 0 aliphatic rings. The first-order valence-corrected chi connectivity index (χ1v) is 6.59. The molecule has 2 nitrogen and oxygen atoms in total. The maximum atomic E-state index is 12.5. The van der Waals surface area contributed by atoms with Gasteiger partial charge in [-0.1, -0.05) is 46.9 Å². The Morgan fingerprint density at radius 2 is 1.68 bits per heavy atom. The number of nitrogens with two attached hydrogens (primary N) is 1. The second kappa shape index (κ2) is 5.41. The number of ketones is 1. The zero-order valence-corrected chi connectivity index (χ0v) is 12.3. The van der Waals surface area contributed by atoms with Crippen LogP contribution in [0.4, 0.5) is 5.69 Å². The van der Waals surface area contributed by atoms with Crippen molar-refractivity contribution >= 4 is 46.3 Å². The number of carbonyl (C=O) groups excluding carboxylic acids is 1. The Bertz CT molecular complexity index is 645. The van der Waals surface area contributed by atoms with E-state index >= 15 is 0 Å². The minimum absolute atomic E-state index is 0.226. The molecule has 0 bridgehead atoms. The third kappa shape index (κ3) is 2.71. The molecule has 0 radical (unpaired) electrons. The number of benzene rings is 2. The Morgan fingerprint density at radius 3 is 2.26 bits per heavy atom. The van der Waals surface area contributed by atoms with Gasteiger partial charge in [-0.25, -0.2) is 0 Å². The largest absolute Gasteiger partial charge is 0.398 e. The molecule has 0 saturated heterocycles. The third-order valence-electron chi connectivity index (χ3n) is 2.85. The molecular formula is C14H10Cl3NO. The second-order valence-corrected chi connectivity index (χ2v) is 5.34. The van der Waals surface area contributed by atoms with Crippen LogP contribution in [0.5, 0.6) is 0 Å². The van der Waals surface area contributed by atoms with Crippen molar-refractivity contribution in [3.05, 3.63) is 62.1 Å². The van der Waals surface area contributed by atoms with Crippen molar-refractivity contribution in [3.63, 3.8) is 0 Å². The highest BCUT2D eigenvalue weighted by Gasteiger charge is 2.19. The first kappa shape index (κ1) is 14.2. The summed E-state index contributed by atoms with van der Waals surface area (Å²) in [5, 5.41) is 0.837. The standard InChI is InChI=1S/C14H10Cl3NO/c1-7-9(3-2-4-12(7)18)14(19)13-10(16)5-8(15)6-11(13)17/h2-6H,18H2,1H3. The molecule has 0 heterocycles. The molecule has 98 valence electrons. The zero-order valence-electron chi connectivity index (χ0n) is 10.0. The summed E-state index contributed by atoms with van der Waals surface area (Å²) in [6.45, 7) is 1.78. The number of hydrogen-bond acceptors (Lipinski definition) is 2. The molecule has 19 heavy (non-hydrogen) atoms. The SMILES string of the molecule is Cc1c(N)cccc1C(=O)c1c(Cl)cc(Cl)cc1Cl. The summed E-state index contributed by atoms with van der Waals surface area (Å²) in [5.41, 5.74) is 7.76. The maximum Gasteiger partial charge on any atom is 0.196 e. The van der Waals surface area contributed by atoms with E-state index in [0.29, 0.717) is 21.8 Å². The minimum atomic E-state index is -0.267. The van der Waals surface area contributed by atoms with Crippen molar-refractivity contribution in [3.8, 4) is 0 Å². The number of carbonyl (C=O) groups is 1. The monoisotopic (exact) mass is 313 g/mol. The highest BCUT2D eigenvalue weighted by molar-refractivity contribution is 6.43. The molecule has 0 atom stereocenters. The average molecular weight is 315 g/mol. The van der Waals surface area contributed by atoms with Crippen molar-refractivity contribution in [2.24, 2.45) is 0 Å². The first-order valence-electron chi connectivity index (χ1n) is 5.46. The van der Waals surface area contributed by atoms with E-state index < -0.39 is 0 Å². The predicted molar refractivity (Wildman–Crippen MR) is 80.5 cm³/mol. The van der Waals surface area contributed by atoms with Gasteiger partial charge < -0.3 is 5.73 Å². The van der Waals surface area contributed by atoms with Crippen molar-refractivity contribution in [2.75, 3.05) is 5.73 Å². The molecule has 2 N–H and O–H groups in total. The van der Waals surface area contributed by atoms with Crippen molar-refractivity contribution in [1.29, 1.82) is 0 Å². The summed E-state index contributed by atoms with van der Waals surface area (Å²) < 4.78 is 0. The Kier molecular flexibility index (Phi) is 4.04. The van der Waals surface area contributed by atoms with Crippen LogP contribution < -0.4 is 5.73 Å². The summed E-state index contributed by atoms with van der Waals surface area (Å²) in [5.74, 6) is -0.267. The van der Waals surface area contributed by atoms with Gasteiger partial charge in [-0.15, -0.1) is 0 Å². The second-order valence-electron chi connectivity index (χ2n) is 4.09. The summed E-state index contributed by atoms with van der Waals surface area (Å²) in [7, 11) is 0. The molecule has 0 aromatic heterocycles. The third-order valence-corrected chi connectivity index (χ3v) is 3.67. The molecule has 0 spiro atoms. The molecule has 0 amide bonds. The first-order chi connectivity index (χ1) is 8.91. The van der Waals surface area contributed by atoms with Crippen molar-refractivity contribution in [1.82, 2.24) is 0 Å². The minimum Gasteiger partial charge on any atom is -0.398 e. The Morgan fingerprint density at radius 1 is 1.11 bits per heavy atom. The van der Waals surface area contributed by atoms with Crippen molar-refractivity contribution in [2.45, 2.75) is 6.92 Å². The van der Waals surface area contributed by atoms with Gasteiger partial charge in [0.2, 0.25) is 0 Å². The molecule has 0 saturated carbocycles. The van der Waals surface area contributed by atoms with E-state index in [4.69, 9.17) is 40.5 Å². The quantitative estimate of drug-likeness (QED) is 0.641. The molecule has 0 unspecified atom stereocenters. The van der Waals surface area contributed by atoms with Gasteiger partial charge in [0.25, 0.3) is 0 Å². The van der Waals surface area contributed by atoms with Gasteiger partial charge in [0.15, 0.2) is 5.78 Å². The highest BCUT2D eigenvalue weighted by atomic mass is 35.5. The van der Waals surface area contributed by atoms with Crippen LogP contribution in [0.1, 0.15) is 21.5 Å². The smallest absolute Gasteiger partial charge is 0.196 e. The van der Waals surface area contributed by atoms with Gasteiger partial charge >= 0.3 is 0 Å². The van der Waals surface area contributed by atoms with Crippen LogP contribution in [0.3, 0.4) is 0 Å². The van der Waals surface area contributed by atoms with Crippen LogP contribution in [-0.2, 0) is 0 Å². The molecule has 0 aliphatic carbocycles. The number of rotatable bonds is 2. The van der Waals surface area contributed by atoms with Crippen LogP contribution in [0, 0.1) is 6.92 Å². The number of anilines is 1. The van der Waals surface area contributed by atoms with E-state index in [2.05, 4.69) is 0 Å². The van der Waals surface area contributed by atoms with Gasteiger partial charge in [0, 0.05) is 16.3 Å². The molecular weight excluding hydrogens is 305 g/mol. The lowest BCUT2D eigenvalue weighted by Crippen LogP contribution is -2.07. The lowest BCUT2D eigenvalue weighted by Gasteiger charge is -2.10. The van der Waals surface area contributed by atoms with Gasteiger partial charge in [-0.05, 0) is 30.7 Å².